The lowest BCUT2D eigenvalue weighted by molar-refractivity contribution is -0.114. The zero-order valence-electron chi connectivity index (χ0n) is 8.54. The molecule has 1 heterocycles. The Morgan fingerprint density at radius 1 is 1.31 bits per heavy atom. The highest BCUT2D eigenvalue weighted by Gasteiger charge is 2.37. The molecule has 0 fully saturated rings. The fourth-order valence-corrected chi connectivity index (χ4v) is 1.85. The molecule has 1 aromatic rings. The van der Waals surface area contributed by atoms with E-state index in [9.17, 15) is 18.4 Å². The quantitative estimate of drug-likeness (QED) is 0.719. The first kappa shape index (κ1) is 10.7. The van der Waals surface area contributed by atoms with Crippen molar-refractivity contribution in [3.05, 3.63) is 29.3 Å². The second kappa shape index (κ2) is 3.66. The molecule has 16 heavy (non-hydrogen) atoms. The SMILES string of the molecule is Cc1cccc2c1N(CC(F)F)C(=O)C2=O. The van der Waals surface area contributed by atoms with Gasteiger partial charge in [0.15, 0.2) is 0 Å². The molecular weight excluding hydrogens is 216 g/mol. The van der Waals surface area contributed by atoms with Gasteiger partial charge in [-0.05, 0) is 18.6 Å². The summed E-state index contributed by atoms with van der Waals surface area (Å²) in [4.78, 5) is 23.9. The van der Waals surface area contributed by atoms with Crippen LogP contribution in [0.5, 0.6) is 0 Å². The van der Waals surface area contributed by atoms with Crippen LogP contribution in [0.3, 0.4) is 0 Å². The highest BCUT2D eigenvalue weighted by Crippen LogP contribution is 2.32. The van der Waals surface area contributed by atoms with Gasteiger partial charge in [0.2, 0.25) is 0 Å². The number of carbonyl (C=O) groups is 2. The number of rotatable bonds is 2. The number of fused-ring (bicyclic) bond motifs is 1. The van der Waals surface area contributed by atoms with E-state index in [0.29, 0.717) is 11.3 Å². The van der Waals surface area contributed by atoms with Gasteiger partial charge in [-0.25, -0.2) is 8.78 Å². The summed E-state index contributed by atoms with van der Waals surface area (Å²) in [5, 5.41) is 0. The third kappa shape index (κ3) is 1.48. The minimum Gasteiger partial charge on any atom is -0.299 e. The van der Waals surface area contributed by atoms with Crippen LogP contribution in [0.25, 0.3) is 0 Å². The second-order valence-corrected chi connectivity index (χ2v) is 3.61. The van der Waals surface area contributed by atoms with Crippen molar-refractivity contribution in [2.24, 2.45) is 0 Å². The van der Waals surface area contributed by atoms with Gasteiger partial charge in [-0.2, -0.15) is 0 Å². The van der Waals surface area contributed by atoms with Crippen molar-refractivity contribution in [2.45, 2.75) is 13.3 Å². The molecule has 0 saturated carbocycles. The monoisotopic (exact) mass is 225 g/mol. The molecule has 1 aromatic carbocycles. The fourth-order valence-electron chi connectivity index (χ4n) is 1.85. The highest BCUT2D eigenvalue weighted by atomic mass is 19.3. The number of carbonyl (C=O) groups excluding carboxylic acids is 2. The Bertz CT molecular complexity index is 471. The topological polar surface area (TPSA) is 37.4 Å². The number of nitrogens with zero attached hydrogens (tertiary/aromatic N) is 1. The van der Waals surface area contributed by atoms with Crippen molar-refractivity contribution in [3.63, 3.8) is 0 Å². The van der Waals surface area contributed by atoms with Crippen LogP contribution >= 0.6 is 0 Å². The summed E-state index contributed by atoms with van der Waals surface area (Å²) in [6, 6.07) is 4.79. The van der Waals surface area contributed by atoms with Crippen LogP contribution in [0.2, 0.25) is 0 Å². The molecule has 0 aromatic heterocycles. The number of hydrogen-bond acceptors (Lipinski definition) is 2. The third-order valence-corrected chi connectivity index (χ3v) is 2.51. The molecule has 84 valence electrons. The van der Waals surface area contributed by atoms with Gasteiger partial charge < -0.3 is 0 Å². The van der Waals surface area contributed by atoms with Crippen molar-refractivity contribution in [2.75, 3.05) is 11.4 Å². The van der Waals surface area contributed by atoms with E-state index in [2.05, 4.69) is 0 Å². The molecule has 0 bridgehead atoms. The smallest absolute Gasteiger partial charge is 0.299 e. The van der Waals surface area contributed by atoms with Crippen LogP contribution in [0.1, 0.15) is 15.9 Å². The van der Waals surface area contributed by atoms with Crippen LogP contribution in [0.15, 0.2) is 18.2 Å². The number of hydrogen-bond donors (Lipinski definition) is 0. The number of benzene rings is 1. The molecular formula is C11H9F2NO2. The molecule has 0 radical (unpaired) electrons. The van der Waals surface area contributed by atoms with E-state index >= 15 is 0 Å². The van der Waals surface area contributed by atoms with Crippen molar-refractivity contribution in [1.29, 1.82) is 0 Å². The van der Waals surface area contributed by atoms with Crippen molar-refractivity contribution < 1.29 is 18.4 Å². The molecule has 0 aliphatic carbocycles. The Balaban J connectivity index is 2.51. The van der Waals surface area contributed by atoms with E-state index < -0.39 is 24.7 Å². The van der Waals surface area contributed by atoms with E-state index in [4.69, 9.17) is 0 Å². The molecule has 0 atom stereocenters. The van der Waals surface area contributed by atoms with Crippen LogP contribution in [0.4, 0.5) is 14.5 Å². The standard InChI is InChI=1S/C11H9F2NO2/c1-6-3-2-4-7-9(6)14(5-8(12)13)11(16)10(7)15/h2-4,8H,5H2,1H3. The molecule has 2 rings (SSSR count). The Labute approximate surface area is 90.7 Å². The maximum absolute atomic E-state index is 12.3. The fraction of sp³-hybridized carbons (Fsp3) is 0.273. The highest BCUT2D eigenvalue weighted by molar-refractivity contribution is 6.52. The lowest BCUT2D eigenvalue weighted by Crippen LogP contribution is -2.34. The zero-order chi connectivity index (χ0) is 11.9. The average molecular weight is 225 g/mol. The van der Waals surface area contributed by atoms with E-state index in [1.165, 1.54) is 6.07 Å². The van der Waals surface area contributed by atoms with Crippen molar-refractivity contribution >= 4 is 17.4 Å². The summed E-state index contributed by atoms with van der Waals surface area (Å²) >= 11 is 0. The van der Waals surface area contributed by atoms with Gasteiger partial charge in [-0.3, -0.25) is 14.5 Å². The molecule has 0 unspecified atom stereocenters. The van der Waals surface area contributed by atoms with Crippen LogP contribution < -0.4 is 4.90 Å². The first-order valence-electron chi connectivity index (χ1n) is 4.76. The first-order chi connectivity index (χ1) is 7.52. The Morgan fingerprint density at radius 2 is 2.00 bits per heavy atom. The molecule has 5 heteroatoms. The van der Waals surface area contributed by atoms with Gasteiger partial charge in [0.1, 0.15) is 0 Å². The molecule has 1 aliphatic heterocycles. The summed E-state index contributed by atoms with van der Waals surface area (Å²) < 4.78 is 24.6. The van der Waals surface area contributed by atoms with Gasteiger partial charge in [0.25, 0.3) is 18.1 Å². The maximum Gasteiger partial charge on any atom is 0.299 e. The van der Waals surface area contributed by atoms with Crippen LogP contribution in [-0.2, 0) is 4.79 Å². The number of halogens is 2. The minimum atomic E-state index is -2.65. The molecule has 0 N–H and O–H groups in total. The van der Waals surface area contributed by atoms with Gasteiger partial charge >= 0.3 is 0 Å². The predicted molar refractivity (Wildman–Crippen MR) is 53.9 cm³/mol. The normalized spacial score (nSPS) is 14.9. The molecule has 1 aliphatic rings. The largest absolute Gasteiger partial charge is 0.299 e. The third-order valence-electron chi connectivity index (χ3n) is 2.51. The minimum absolute atomic E-state index is 0.214. The van der Waals surface area contributed by atoms with Crippen molar-refractivity contribution in [3.8, 4) is 0 Å². The number of amides is 1. The van der Waals surface area contributed by atoms with Crippen LogP contribution in [-0.4, -0.2) is 24.7 Å². The van der Waals surface area contributed by atoms with E-state index in [-0.39, 0.29) is 5.56 Å². The molecule has 3 nitrogen and oxygen atoms in total. The number of ketones is 1. The Kier molecular flexibility index (Phi) is 2.46. The number of para-hydroxylation sites is 1. The maximum atomic E-state index is 12.3. The van der Waals surface area contributed by atoms with E-state index in [0.717, 1.165) is 4.90 Å². The lowest BCUT2D eigenvalue weighted by atomic mass is 10.1. The first-order valence-corrected chi connectivity index (χ1v) is 4.76. The number of alkyl halides is 2. The van der Waals surface area contributed by atoms with E-state index in [1.807, 2.05) is 0 Å². The summed E-state index contributed by atoms with van der Waals surface area (Å²) in [5.41, 5.74) is 1.18. The van der Waals surface area contributed by atoms with Gasteiger partial charge in [0, 0.05) is 0 Å². The van der Waals surface area contributed by atoms with E-state index in [1.54, 1.807) is 19.1 Å². The predicted octanol–water partition coefficient (Wildman–Crippen LogP) is 1.79. The summed E-state index contributed by atoms with van der Waals surface area (Å²) in [5.74, 6) is -1.58. The number of aryl methyl sites for hydroxylation is 1. The number of Topliss-reactive ketones (excluding diaryl/α,β-unsaturated/α-hetero) is 1. The van der Waals surface area contributed by atoms with Gasteiger partial charge in [-0.1, -0.05) is 12.1 Å². The summed E-state index contributed by atoms with van der Waals surface area (Å²) in [7, 11) is 0. The Morgan fingerprint density at radius 3 is 2.62 bits per heavy atom. The number of anilines is 1. The summed E-state index contributed by atoms with van der Waals surface area (Å²) in [6.07, 6.45) is -2.65. The van der Waals surface area contributed by atoms with Crippen LogP contribution in [0, 0.1) is 6.92 Å². The zero-order valence-corrected chi connectivity index (χ0v) is 8.54. The second-order valence-electron chi connectivity index (χ2n) is 3.61. The average Bonchev–Trinajstić information content (AvgIpc) is 2.45. The molecule has 0 saturated heterocycles. The molecule has 1 amide bonds. The molecule has 0 spiro atoms. The Hall–Kier alpha value is -1.78. The summed E-state index contributed by atoms with van der Waals surface area (Å²) in [6.45, 7) is 0.950. The van der Waals surface area contributed by atoms with Crippen molar-refractivity contribution in [1.82, 2.24) is 0 Å². The van der Waals surface area contributed by atoms with Gasteiger partial charge in [0.05, 0.1) is 17.8 Å². The lowest BCUT2D eigenvalue weighted by Gasteiger charge is -2.17. The van der Waals surface area contributed by atoms with Gasteiger partial charge in [-0.15, -0.1) is 0 Å².